The summed E-state index contributed by atoms with van der Waals surface area (Å²) in [6, 6.07) is 0. The van der Waals surface area contributed by atoms with Gasteiger partial charge in [-0.1, -0.05) is 0 Å². The van der Waals surface area contributed by atoms with E-state index in [9.17, 15) is 0 Å². The van der Waals surface area contributed by atoms with Crippen LogP contribution in [-0.2, 0) is 15.1 Å². The molecule has 7 heteroatoms. The second-order valence-electron chi connectivity index (χ2n) is 6.00. The second-order valence-corrected chi connectivity index (χ2v) is 8.52. The van der Waals surface area contributed by atoms with Crippen molar-refractivity contribution in [1.82, 2.24) is 0 Å². The maximum atomic E-state index is 8.74. The van der Waals surface area contributed by atoms with Crippen LogP contribution in [0.1, 0.15) is 71.1 Å². The molecule has 0 aromatic heterocycles. The van der Waals surface area contributed by atoms with Gasteiger partial charge in [0.2, 0.25) is 0 Å². The summed E-state index contributed by atoms with van der Waals surface area (Å²) >= 11 is 1.40. The first-order chi connectivity index (χ1) is 9.83. The van der Waals surface area contributed by atoms with Crippen molar-refractivity contribution in [3.05, 3.63) is 0 Å². The fourth-order valence-corrected chi connectivity index (χ4v) is 3.16. The Bertz CT molecular complexity index is 322. The van der Waals surface area contributed by atoms with Crippen LogP contribution in [0.4, 0.5) is 0 Å². The van der Waals surface area contributed by atoms with Crippen LogP contribution in [0.15, 0.2) is 0 Å². The molecule has 0 aromatic carbocycles. The maximum absolute atomic E-state index is 8.74. The first-order valence-corrected chi connectivity index (χ1v) is 10.7. The van der Waals surface area contributed by atoms with Crippen molar-refractivity contribution in [2.45, 2.75) is 80.4 Å². The fraction of sp³-hybridized carbons (Fsp3) is 1.00. The van der Waals surface area contributed by atoms with E-state index in [-0.39, 0.29) is 0 Å². The summed E-state index contributed by atoms with van der Waals surface area (Å²) in [4.78, 5) is 0. The molecule has 21 heavy (non-hydrogen) atoms. The molecule has 2 atom stereocenters. The van der Waals surface area contributed by atoms with Crippen LogP contribution in [0.2, 0.25) is 3.17 Å². The number of ether oxygens (including phenoxy) is 1. The third-order valence-corrected chi connectivity index (χ3v) is 4.83. The average Bonchev–Trinajstić information content (AvgIpc) is 3.15. The monoisotopic (exact) mass is 332 g/mol. The summed E-state index contributed by atoms with van der Waals surface area (Å²) in [5.74, 6) is 0. The van der Waals surface area contributed by atoms with Gasteiger partial charge in [-0.3, -0.25) is 9.11 Å². The van der Waals surface area contributed by atoms with E-state index in [4.69, 9.17) is 22.3 Å². The van der Waals surface area contributed by atoms with Gasteiger partial charge in [0.1, 0.15) is 0 Å². The first-order valence-electron chi connectivity index (χ1n) is 8.14. The SMILES string of the molecule is CCCCCCCC[CH]([Na])CCCC1CO1.O=S(=O)(O)O. The molecule has 0 aliphatic carbocycles. The Kier molecular flexibility index (Phi) is 13.8. The van der Waals surface area contributed by atoms with Crippen molar-refractivity contribution in [3.8, 4) is 0 Å². The van der Waals surface area contributed by atoms with Crippen molar-refractivity contribution in [3.63, 3.8) is 0 Å². The van der Waals surface area contributed by atoms with Gasteiger partial charge < -0.3 is 0 Å². The van der Waals surface area contributed by atoms with Gasteiger partial charge in [0.25, 0.3) is 0 Å². The molecule has 1 aliphatic rings. The summed E-state index contributed by atoms with van der Waals surface area (Å²) in [6.45, 7) is 3.33. The molecule has 5 nitrogen and oxygen atoms in total. The van der Waals surface area contributed by atoms with E-state index < -0.39 is 10.4 Å². The van der Waals surface area contributed by atoms with Crippen LogP contribution in [0.25, 0.3) is 0 Å². The van der Waals surface area contributed by atoms with Gasteiger partial charge in [0, 0.05) is 0 Å². The average molecular weight is 332 g/mol. The van der Waals surface area contributed by atoms with Gasteiger partial charge in [0.15, 0.2) is 0 Å². The molecule has 1 rings (SSSR count). The zero-order valence-corrected chi connectivity index (χ0v) is 16.3. The number of hydrogen-bond acceptors (Lipinski definition) is 3. The molecule has 0 amide bonds. The summed E-state index contributed by atoms with van der Waals surface area (Å²) in [5.41, 5.74) is 0. The van der Waals surface area contributed by atoms with Crippen molar-refractivity contribution < 1.29 is 22.3 Å². The molecule has 2 N–H and O–H groups in total. The Balaban J connectivity index is 0.000000690. The number of epoxide rings is 1. The molecular weight excluding hydrogens is 303 g/mol. The summed E-state index contributed by atoms with van der Waals surface area (Å²) in [5, 5.41) is 0. The molecule has 1 aliphatic heterocycles. The van der Waals surface area contributed by atoms with E-state index >= 15 is 0 Å². The summed E-state index contributed by atoms with van der Waals surface area (Å²) in [7, 11) is -4.67. The molecular formula is C14H29NaO5S. The molecule has 1 fully saturated rings. The minimum atomic E-state index is -4.67. The van der Waals surface area contributed by atoms with E-state index in [1.807, 2.05) is 0 Å². The van der Waals surface area contributed by atoms with Crippen molar-refractivity contribution >= 4 is 38.3 Å². The first kappa shape index (κ1) is 21.8. The van der Waals surface area contributed by atoms with E-state index in [2.05, 4.69) is 6.92 Å². The van der Waals surface area contributed by atoms with E-state index in [1.165, 1.54) is 92.1 Å². The Morgan fingerprint density at radius 2 is 1.57 bits per heavy atom. The van der Waals surface area contributed by atoms with E-state index in [1.54, 1.807) is 0 Å². The van der Waals surface area contributed by atoms with Gasteiger partial charge >= 0.3 is 130 Å². The fourth-order valence-electron chi connectivity index (χ4n) is 2.35. The van der Waals surface area contributed by atoms with Gasteiger partial charge in [-0.2, -0.15) is 8.42 Å². The predicted octanol–water partition coefficient (Wildman–Crippen LogP) is 3.61. The third-order valence-electron chi connectivity index (χ3n) is 3.68. The third kappa shape index (κ3) is 23.2. The van der Waals surface area contributed by atoms with Crippen LogP contribution in [0.5, 0.6) is 0 Å². The largest absolute Gasteiger partial charge is 0.394 e. The quantitative estimate of drug-likeness (QED) is 0.261. The van der Waals surface area contributed by atoms with Crippen LogP contribution >= 0.6 is 0 Å². The second kappa shape index (κ2) is 13.3. The Hall–Kier alpha value is 0.830. The normalized spacial score (nSPS) is 18.8. The van der Waals surface area contributed by atoms with E-state index in [0.29, 0.717) is 6.10 Å². The van der Waals surface area contributed by atoms with Crippen LogP contribution in [-0.4, -0.2) is 58.2 Å². The van der Waals surface area contributed by atoms with Crippen molar-refractivity contribution in [2.24, 2.45) is 0 Å². The molecule has 2 unspecified atom stereocenters. The maximum Gasteiger partial charge on any atom is 0.394 e. The zero-order chi connectivity index (χ0) is 16.1. The molecule has 0 spiro atoms. The number of rotatable bonds is 11. The molecule has 0 saturated carbocycles. The zero-order valence-electron chi connectivity index (χ0n) is 13.5. The topological polar surface area (TPSA) is 87.1 Å². The summed E-state index contributed by atoms with van der Waals surface area (Å²) in [6.07, 6.45) is 15.1. The van der Waals surface area contributed by atoms with Gasteiger partial charge in [-0.15, -0.1) is 0 Å². The van der Waals surface area contributed by atoms with E-state index in [0.717, 1.165) is 9.77 Å². The van der Waals surface area contributed by atoms with Crippen LogP contribution in [0, 0.1) is 0 Å². The minimum Gasteiger partial charge on any atom is -0.264 e. The van der Waals surface area contributed by atoms with Crippen molar-refractivity contribution in [2.75, 3.05) is 6.61 Å². The Morgan fingerprint density at radius 3 is 2.10 bits per heavy atom. The minimum absolute atomic E-state index is 0.655. The van der Waals surface area contributed by atoms with Gasteiger partial charge in [0.05, 0.1) is 0 Å². The smallest absolute Gasteiger partial charge is 0.264 e. The molecule has 122 valence electrons. The number of hydrogen-bond donors (Lipinski definition) is 2. The van der Waals surface area contributed by atoms with Gasteiger partial charge in [-0.05, 0) is 0 Å². The predicted molar refractivity (Wildman–Crippen MR) is 85.3 cm³/mol. The van der Waals surface area contributed by atoms with Gasteiger partial charge in [-0.25, -0.2) is 0 Å². The molecule has 1 heterocycles. The van der Waals surface area contributed by atoms with Crippen molar-refractivity contribution in [1.29, 1.82) is 0 Å². The Labute approximate surface area is 147 Å². The van der Waals surface area contributed by atoms with Crippen LogP contribution < -0.4 is 0 Å². The standard InChI is InChI=1S/C14H27O.Na.H2O4S/c1-2-3-4-5-6-7-8-9-10-11-12-14-13-15-14;;1-5(2,3)4/h9,14H,2-8,10-13H2,1H3;;(H2,1,2,3,4). The van der Waals surface area contributed by atoms with Crippen LogP contribution in [0.3, 0.4) is 0 Å². The Morgan fingerprint density at radius 1 is 1.10 bits per heavy atom. The number of unbranched alkanes of at least 4 members (excludes halogenated alkanes) is 5. The molecule has 1 saturated heterocycles. The molecule has 0 aromatic rings. The summed E-state index contributed by atoms with van der Waals surface area (Å²) < 4.78 is 37.9. The molecule has 0 bridgehead atoms. The molecule has 0 radical (unpaired) electrons.